The van der Waals surface area contributed by atoms with E-state index in [0.29, 0.717) is 0 Å². The van der Waals surface area contributed by atoms with Crippen LogP contribution < -0.4 is 0 Å². The second-order valence-corrected chi connectivity index (χ2v) is 3.77. The molecule has 3 nitrogen and oxygen atoms in total. The van der Waals surface area contributed by atoms with Gasteiger partial charge in [0.2, 0.25) is 0 Å². The van der Waals surface area contributed by atoms with Crippen LogP contribution in [0.4, 0.5) is 18.9 Å². The molecule has 0 aliphatic rings. The zero-order valence-corrected chi connectivity index (χ0v) is 9.44. The lowest BCUT2D eigenvalue weighted by molar-refractivity contribution is -0.384. The van der Waals surface area contributed by atoms with E-state index < -0.39 is 16.7 Å². The van der Waals surface area contributed by atoms with E-state index in [2.05, 4.69) is 6.07 Å². The normalized spacial score (nSPS) is 11.3. The maximum absolute atomic E-state index is 12.8. The van der Waals surface area contributed by atoms with Crippen molar-refractivity contribution in [3.8, 4) is 11.1 Å². The summed E-state index contributed by atoms with van der Waals surface area (Å²) in [4.78, 5) is 9.89. The van der Waals surface area contributed by atoms with Gasteiger partial charge in [-0.2, -0.15) is 13.2 Å². The number of nitrogens with zero attached hydrogens (tertiary/aromatic N) is 1. The molecule has 0 aliphatic heterocycles. The average molecular weight is 266 g/mol. The highest BCUT2D eigenvalue weighted by Gasteiger charge is 2.33. The molecule has 0 aliphatic carbocycles. The molecule has 0 fully saturated rings. The van der Waals surface area contributed by atoms with Gasteiger partial charge in [-0.25, -0.2) is 0 Å². The van der Waals surface area contributed by atoms with Crippen LogP contribution in [0.15, 0.2) is 42.5 Å². The SMILES string of the molecule is O=[N+]([O-])c1ccc(-c2cc[c]cc2C(F)(F)F)cc1. The van der Waals surface area contributed by atoms with Crippen molar-refractivity contribution in [1.29, 1.82) is 0 Å². The van der Waals surface area contributed by atoms with Crippen LogP contribution in [0.3, 0.4) is 0 Å². The van der Waals surface area contributed by atoms with Crippen LogP contribution in [-0.2, 0) is 6.18 Å². The lowest BCUT2D eigenvalue weighted by Gasteiger charge is -2.12. The van der Waals surface area contributed by atoms with Crippen LogP contribution in [0.1, 0.15) is 5.56 Å². The van der Waals surface area contributed by atoms with E-state index in [0.717, 1.165) is 6.07 Å². The predicted octanol–water partition coefficient (Wildman–Crippen LogP) is 4.08. The highest BCUT2D eigenvalue weighted by molar-refractivity contribution is 5.68. The molecule has 1 radical (unpaired) electrons. The van der Waals surface area contributed by atoms with E-state index in [4.69, 9.17) is 0 Å². The van der Waals surface area contributed by atoms with Crippen molar-refractivity contribution >= 4 is 5.69 Å². The summed E-state index contributed by atoms with van der Waals surface area (Å²) in [6, 6.07) is 10.8. The summed E-state index contributed by atoms with van der Waals surface area (Å²) >= 11 is 0. The summed E-state index contributed by atoms with van der Waals surface area (Å²) in [7, 11) is 0. The van der Waals surface area contributed by atoms with Crippen LogP contribution in [-0.4, -0.2) is 4.92 Å². The largest absolute Gasteiger partial charge is 0.417 e. The van der Waals surface area contributed by atoms with E-state index in [9.17, 15) is 23.3 Å². The van der Waals surface area contributed by atoms with Crippen molar-refractivity contribution in [2.45, 2.75) is 6.18 Å². The second-order valence-electron chi connectivity index (χ2n) is 3.77. The molecule has 0 bridgehead atoms. The van der Waals surface area contributed by atoms with Crippen LogP contribution in [0.25, 0.3) is 11.1 Å². The maximum atomic E-state index is 12.8. The maximum Gasteiger partial charge on any atom is 0.417 e. The number of benzene rings is 2. The average Bonchev–Trinajstić information content (AvgIpc) is 2.38. The fourth-order valence-corrected chi connectivity index (χ4v) is 1.68. The summed E-state index contributed by atoms with van der Waals surface area (Å²) in [5.74, 6) is 0. The van der Waals surface area contributed by atoms with E-state index in [1.165, 1.54) is 36.4 Å². The van der Waals surface area contributed by atoms with Crippen LogP contribution >= 0.6 is 0 Å². The third kappa shape index (κ3) is 2.73. The fraction of sp³-hybridized carbons (Fsp3) is 0.0769. The number of halogens is 3. The number of hydrogen-bond acceptors (Lipinski definition) is 2. The van der Waals surface area contributed by atoms with Crippen LogP contribution in [0.2, 0.25) is 0 Å². The minimum absolute atomic E-state index is 0.0267. The molecule has 2 aromatic carbocycles. The number of nitro benzene ring substituents is 1. The number of nitro groups is 1. The summed E-state index contributed by atoms with van der Waals surface area (Å²) in [5, 5.41) is 10.5. The first-order valence-corrected chi connectivity index (χ1v) is 5.22. The molecule has 0 heterocycles. The zero-order chi connectivity index (χ0) is 14.0. The smallest absolute Gasteiger partial charge is 0.258 e. The molecule has 0 N–H and O–H groups in total. The first-order chi connectivity index (χ1) is 8.89. The Kier molecular flexibility index (Phi) is 3.25. The number of rotatable bonds is 2. The number of non-ortho nitro benzene ring substituents is 1. The van der Waals surface area contributed by atoms with Crippen molar-refractivity contribution in [3.05, 3.63) is 64.2 Å². The van der Waals surface area contributed by atoms with Gasteiger partial charge in [0.25, 0.3) is 5.69 Å². The quantitative estimate of drug-likeness (QED) is 0.607. The Morgan fingerprint density at radius 3 is 2.26 bits per heavy atom. The Morgan fingerprint density at radius 1 is 1.11 bits per heavy atom. The minimum atomic E-state index is -4.49. The molecule has 6 heteroatoms. The predicted molar refractivity (Wildman–Crippen MR) is 62.4 cm³/mol. The molecule has 2 rings (SSSR count). The fourth-order valence-electron chi connectivity index (χ4n) is 1.68. The molecular weight excluding hydrogens is 259 g/mol. The van der Waals surface area contributed by atoms with Crippen LogP contribution in [0.5, 0.6) is 0 Å². The molecule has 0 amide bonds. The zero-order valence-electron chi connectivity index (χ0n) is 9.44. The Balaban J connectivity index is 2.50. The van der Waals surface area contributed by atoms with Crippen molar-refractivity contribution < 1.29 is 18.1 Å². The first kappa shape index (κ1) is 13.1. The minimum Gasteiger partial charge on any atom is -0.258 e. The second kappa shape index (κ2) is 4.72. The first-order valence-electron chi connectivity index (χ1n) is 5.22. The summed E-state index contributed by atoms with van der Waals surface area (Å²) < 4.78 is 38.4. The summed E-state index contributed by atoms with van der Waals surface area (Å²) in [6.45, 7) is 0. The Hall–Kier alpha value is -2.37. The molecule has 0 unspecified atom stereocenters. The van der Waals surface area contributed by atoms with Gasteiger partial charge in [0, 0.05) is 12.1 Å². The van der Waals surface area contributed by atoms with Gasteiger partial charge in [0.05, 0.1) is 10.5 Å². The van der Waals surface area contributed by atoms with Crippen molar-refractivity contribution in [2.24, 2.45) is 0 Å². The van der Waals surface area contributed by atoms with E-state index in [1.807, 2.05) is 0 Å². The van der Waals surface area contributed by atoms with Gasteiger partial charge in [-0.3, -0.25) is 10.1 Å². The van der Waals surface area contributed by atoms with Gasteiger partial charge in [-0.05, 0) is 35.4 Å². The Bertz CT molecular complexity index is 606. The molecule has 0 aromatic heterocycles. The van der Waals surface area contributed by atoms with Gasteiger partial charge in [-0.15, -0.1) is 0 Å². The Labute approximate surface area is 106 Å². The third-order valence-electron chi connectivity index (χ3n) is 2.56. The van der Waals surface area contributed by atoms with Gasteiger partial charge < -0.3 is 0 Å². The summed E-state index contributed by atoms with van der Waals surface area (Å²) in [6.07, 6.45) is -4.49. The topological polar surface area (TPSA) is 43.1 Å². The molecule has 0 atom stereocenters. The lowest BCUT2D eigenvalue weighted by atomic mass is 9.99. The number of alkyl halides is 3. The van der Waals surface area contributed by atoms with Gasteiger partial charge in [0.15, 0.2) is 0 Å². The molecule has 19 heavy (non-hydrogen) atoms. The molecule has 2 aromatic rings. The van der Waals surface area contributed by atoms with Crippen molar-refractivity contribution in [2.75, 3.05) is 0 Å². The van der Waals surface area contributed by atoms with E-state index in [1.54, 1.807) is 0 Å². The Morgan fingerprint density at radius 2 is 1.74 bits per heavy atom. The van der Waals surface area contributed by atoms with Gasteiger partial charge >= 0.3 is 6.18 Å². The van der Waals surface area contributed by atoms with Gasteiger partial charge in [0.1, 0.15) is 0 Å². The van der Waals surface area contributed by atoms with Crippen molar-refractivity contribution in [3.63, 3.8) is 0 Å². The van der Waals surface area contributed by atoms with Crippen molar-refractivity contribution in [1.82, 2.24) is 0 Å². The molecule has 0 saturated carbocycles. The van der Waals surface area contributed by atoms with E-state index in [-0.39, 0.29) is 16.8 Å². The highest BCUT2D eigenvalue weighted by Crippen LogP contribution is 2.37. The molecular formula is C13H7F3NO2. The number of hydrogen-bond donors (Lipinski definition) is 0. The highest BCUT2D eigenvalue weighted by atomic mass is 19.4. The van der Waals surface area contributed by atoms with Crippen LogP contribution in [0, 0.1) is 16.2 Å². The standard InChI is InChI=1S/C13H7F3NO2/c14-13(15,16)12-4-2-1-3-11(12)9-5-7-10(8-6-9)17(18)19/h1,3-8H. The summed E-state index contributed by atoms with van der Waals surface area (Å²) in [5.41, 5.74) is -0.739. The molecule has 0 saturated heterocycles. The molecule has 97 valence electrons. The lowest BCUT2D eigenvalue weighted by Crippen LogP contribution is -2.06. The third-order valence-corrected chi connectivity index (χ3v) is 2.56. The molecule has 0 spiro atoms. The monoisotopic (exact) mass is 266 g/mol. The van der Waals surface area contributed by atoms with Gasteiger partial charge in [-0.1, -0.05) is 12.1 Å². The van der Waals surface area contributed by atoms with E-state index >= 15 is 0 Å².